The van der Waals surface area contributed by atoms with E-state index in [0.717, 1.165) is 0 Å². The summed E-state index contributed by atoms with van der Waals surface area (Å²) in [7, 11) is -4.32. The smallest absolute Gasteiger partial charge is 0.195 e. The molecule has 0 heterocycles. The zero-order chi connectivity index (χ0) is 7.49. The van der Waals surface area contributed by atoms with Gasteiger partial charge in [-0.25, -0.2) is 0 Å². The molecule has 0 amide bonds. The summed E-state index contributed by atoms with van der Waals surface area (Å²) in [5.74, 6) is -0.610. The van der Waals surface area contributed by atoms with Crippen LogP contribution in [-0.2, 0) is 10.2 Å². The minimum absolute atomic E-state index is 0.170. The van der Waals surface area contributed by atoms with Gasteiger partial charge in [-0.2, -0.15) is 8.42 Å². The lowest BCUT2D eigenvalue weighted by atomic mass is 10.3. The van der Waals surface area contributed by atoms with Gasteiger partial charge in [-0.15, -0.1) is 15.5 Å². The highest BCUT2D eigenvalue weighted by atomic mass is 35.5. The third kappa shape index (κ3) is 6.05. The van der Waals surface area contributed by atoms with Gasteiger partial charge in [0, 0.05) is 5.88 Å². The fraction of sp³-hybridized carbons (Fsp3) is 1.00. The van der Waals surface area contributed by atoms with E-state index in [1.807, 2.05) is 0 Å². The molecule has 0 saturated carbocycles. The second-order valence-corrected chi connectivity index (χ2v) is 3.68. The number of halogens is 2. The van der Waals surface area contributed by atoms with E-state index in [0.29, 0.717) is 0 Å². The minimum Gasteiger partial charge on any atom is -0.195 e. The SMILES string of the molecule is CC(CCl)CS(=O)(=O)F. The Morgan fingerprint density at radius 1 is 1.67 bits per heavy atom. The summed E-state index contributed by atoms with van der Waals surface area (Å²) in [4.78, 5) is 0. The van der Waals surface area contributed by atoms with Crippen molar-refractivity contribution in [1.82, 2.24) is 0 Å². The molecule has 1 unspecified atom stereocenters. The van der Waals surface area contributed by atoms with Crippen molar-refractivity contribution < 1.29 is 12.3 Å². The molecule has 0 saturated heterocycles. The van der Waals surface area contributed by atoms with Crippen molar-refractivity contribution in [3.63, 3.8) is 0 Å². The fourth-order valence-electron chi connectivity index (χ4n) is 0.384. The highest BCUT2D eigenvalue weighted by molar-refractivity contribution is 7.86. The molecule has 9 heavy (non-hydrogen) atoms. The maximum atomic E-state index is 11.7. The Balaban J connectivity index is 3.75. The van der Waals surface area contributed by atoms with Crippen LogP contribution in [0.2, 0.25) is 0 Å². The first-order valence-electron chi connectivity index (χ1n) is 2.44. The molecular weight excluding hydrogens is 167 g/mol. The fourth-order valence-corrected chi connectivity index (χ4v) is 1.42. The molecule has 0 rings (SSSR count). The van der Waals surface area contributed by atoms with E-state index in [-0.39, 0.29) is 11.8 Å². The highest BCUT2D eigenvalue weighted by Gasteiger charge is 2.12. The predicted molar refractivity (Wildman–Crippen MR) is 34.8 cm³/mol. The van der Waals surface area contributed by atoms with Gasteiger partial charge >= 0.3 is 10.2 Å². The zero-order valence-corrected chi connectivity index (χ0v) is 6.54. The van der Waals surface area contributed by atoms with E-state index in [9.17, 15) is 12.3 Å². The molecule has 0 N–H and O–H groups in total. The van der Waals surface area contributed by atoms with Gasteiger partial charge in [0.1, 0.15) is 0 Å². The van der Waals surface area contributed by atoms with Crippen LogP contribution in [0.1, 0.15) is 6.92 Å². The second-order valence-electron chi connectivity index (χ2n) is 1.96. The number of hydrogen-bond acceptors (Lipinski definition) is 2. The van der Waals surface area contributed by atoms with Gasteiger partial charge in [0.25, 0.3) is 0 Å². The second kappa shape index (κ2) is 3.37. The molecule has 0 bridgehead atoms. The number of hydrogen-bond donors (Lipinski definition) is 0. The van der Waals surface area contributed by atoms with Crippen molar-refractivity contribution in [3.05, 3.63) is 0 Å². The Morgan fingerprint density at radius 2 is 2.11 bits per heavy atom. The number of alkyl halides is 1. The van der Waals surface area contributed by atoms with E-state index < -0.39 is 16.0 Å². The Bertz CT molecular complexity index is 165. The molecule has 2 nitrogen and oxygen atoms in total. The molecule has 0 radical (unpaired) electrons. The van der Waals surface area contributed by atoms with E-state index in [2.05, 4.69) is 0 Å². The molecule has 0 spiro atoms. The lowest BCUT2D eigenvalue weighted by molar-refractivity contribution is 0.539. The van der Waals surface area contributed by atoms with E-state index in [1.54, 1.807) is 6.92 Å². The maximum Gasteiger partial charge on any atom is 0.302 e. The van der Waals surface area contributed by atoms with Crippen molar-refractivity contribution in [2.24, 2.45) is 5.92 Å². The van der Waals surface area contributed by atoms with Crippen molar-refractivity contribution in [2.75, 3.05) is 11.6 Å². The van der Waals surface area contributed by atoms with Gasteiger partial charge in [-0.1, -0.05) is 6.92 Å². The summed E-state index contributed by atoms with van der Waals surface area (Å²) in [6, 6.07) is 0. The minimum atomic E-state index is -4.32. The largest absolute Gasteiger partial charge is 0.302 e. The Hall–Kier alpha value is 0.170. The van der Waals surface area contributed by atoms with Gasteiger partial charge in [0.15, 0.2) is 0 Å². The lowest BCUT2D eigenvalue weighted by Crippen LogP contribution is -2.09. The zero-order valence-electron chi connectivity index (χ0n) is 4.97. The Morgan fingerprint density at radius 3 is 2.22 bits per heavy atom. The molecule has 1 atom stereocenters. The summed E-state index contributed by atoms with van der Waals surface area (Å²) in [5, 5.41) is 0. The van der Waals surface area contributed by atoms with Gasteiger partial charge in [-0.3, -0.25) is 0 Å². The van der Waals surface area contributed by atoms with E-state index in [1.165, 1.54) is 0 Å². The predicted octanol–water partition coefficient (Wildman–Crippen LogP) is 1.16. The molecule has 0 aromatic rings. The van der Waals surface area contributed by atoms with Crippen molar-refractivity contribution in [1.29, 1.82) is 0 Å². The molecular formula is C4H8ClFO2S. The molecule has 0 fully saturated rings. The first-order chi connectivity index (χ1) is 3.95. The van der Waals surface area contributed by atoms with Gasteiger partial charge in [-0.05, 0) is 5.92 Å². The van der Waals surface area contributed by atoms with Crippen LogP contribution in [0, 0.1) is 5.92 Å². The van der Waals surface area contributed by atoms with E-state index in [4.69, 9.17) is 11.6 Å². The third-order valence-corrected chi connectivity index (χ3v) is 2.24. The third-order valence-electron chi connectivity index (χ3n) is 0.747. The highest BCUT2D eigenvalue weighted by Crippen LogP contribution is 2.03. The molecule has 0 aliphatic heterocycles. The van der Waals surface area contributed by atoms with Crippen LogP contribution in [0.4, 0.5) is 3.89 Å². The van der Waals surface area contributed by atoms with E-state index >= 15 is 0 Å². The summed E-state index contributed by atoms with van der Waals surface area (Å²) >= 11 is 5.23. The number of rotatable bonds is 3. The standard InChI is InChI=1S/C4H8ClFO2S/c1-4(2-5)3-9(6,7)8/h4H,2-3H2,1H3. The molecule has 5 heteroatoms. The summed E-state index contributed by atoms with van der Waals surface area (Å²) in [6.45, 7) is 1.57. The Kier molecular flexibility index (Phi) is 3.43. The van der Waals surface area contributed by atoms with Crippen LogP contribution in [-0.4, -0.2) is 20.1 Å². The summed E-state index contributed by atoms with van der Waals surface area (Å²) in [5.41, 5.74) is 0. The van der Waals surface area contributed by atoms with Crippen molar-refractivity contribution in [2.45, 2.75) is 6.92 Å². The first-order valence-corrected chi connectivity index (χ1v) is 4.52. The lowest BCUT2D eigenvalue weighted by Gasteiger charge is -2.00. The van der Waals surface area contributed by atoms with Crippen LogP contribution in [0.25, 0.3) is 0 Å². The summed E-state index contributed by atoms with van der Waals surface area (Å²) < 4.78 is 31.5. The van der Waals surface area contributed by atoms with Gasteiger partial charge < -0.3 is 0 Å². The quantitative estimate of drug-likeness (QED) is 0.475. The van der Waals surface area contributed by atoms with Crippen LogP contribution in [0.5, 0.6) is 0 Å². The molecule has 0 aromatic carbocycles. The van der Waals surface area contributed by atoms with Gasteiger partial charge in [0.05, 0.1) is 5.75 Å². The van der Waals surface area contributed by atoms with Crippen LogP contribution in [0.15, 0.2) is 0 Å². The topological polar surface area (TPSA) is 34.1 Å². The summed E-state index contributed by atoms with van der Waals surface area (Å²) in [6.07, 6.45) is 0. The maximum absolute atomic E-state index is 11.7. The molecule has 0 aliphatic rings. The molecule has 0 aliphatic carbocycles. The molecule has 56 valence electrons. The van der Waals surface area contributed by atoms with Crippen LogP contribution >= 0.6 is 11.6 Å². The van der Waals surface area contributed by atoms with Crippen LogP contribution < -0.4 is 0 Å². The van der Waals surface area contributed by atoms with Crippen molar-refractivity contribution in [3.8, 4) is 0 Å². The van der Waals surface area contributed by atoms with Gasteiger partial charge in [0.2, 0.25) is 0 Å². The first kappa shape index (κ1) is 9.17. The molecule has 0 aromatic heterocycles. The Labute approximate surface area is 59.2 Å². The van der Waals surface area contributed by atoms with Crippen molar-refractivity contribution >= 4 is 21.8 Å². The average molecular weight is 175 g/mol. The average Bonchev–Trinajstić information content (AvgIpc) is 1.62. The monoisotopic (exact) mass is 174 g/mol. The van der Waals surface area contributed by atoms with Crippen LogP contribution in [0.3, 0.4) is 0 Å². The normalized spacial score (nSPS) is 15.4.